The lowest BCUT2D eigenvalue weighted by molar-refractivity contribution is 0.948. The summed E-state index contributed by atoms with van der Waals surface area (Å²) < 4.78 is 2.68. The van der Waals surface area contributed by atoms with Gasteiger partial charge in [0.1, 0.15) is 0 Å². The van der Waals surface area contributed by atoms with Crippen LogP contribution in [0.1, 0.15) is 5.69 Å². The Bertz CT molecular complexity index is 712. The molecule has 0 atom stereocenters. The normalized spacial score (nSPS) is 11.3. The summed E-state index contributed by atoms with van der Waals surface area (Å²) in [7, 11) is 1.98. The molecular weight excluding hydrogens is 294 g/mol. The Hall–Kier alpha value is -1.66. The van der Waals surface area contributed by atoms with Crippen molar-refractivity contribution in [2.24, 2.45) is 12.8 Å². The first-order chi connectivity index (χ1) is 8.69. The number of aromatic nitrogens is 4. The summed E-state index contributed by atoms with van der Waals surface area (Å²) in [4.78, 5) is 11.9. The smallest absolute Gasteiger partial charge is 0.175 e. The van der Waals surface area contributed by atoms with Crippen LogP contribution in [0.5, 0.6) is 0 Å². The van der Waals surface area contributed by atoms with E-state index in [-0.39, 0.29) is 0 Å². The second-order valence-electron chi connectivity index (χ2n) is 4.12. The van der Waals surface area contributed by atoms with Gasteiger partial charge in [-0.3, -0.25) is 0 Å². The number of nitrogens with one attached hydrogen (secondary N) is 1. The molecule has 6 heteroatoms. The topological polar surface area (TPSA) is 72.5 Å². The summed E-state index contributed by atoms with van der Waals surface area (Å²) in [6.45, 7) is 0.425. The summed E-state index contributed by atoms with van der Waals surface area (Å²) >= 11 is 3.33. The molecule has 3 rings (SSSR count). The SMILES string of the molecule is Cn1cnc2cc(-c3nc(Br)[nH]c3CN)ccc21. The number of fused-ring (bicyclic) bond motifs is 1. The molecule has 0 spiro atoms. The van der Waals surface area contributed by atoms with Crippen LogP contribution < -0.4 is 5.73 Å². The van der Waals surface area contributed by atoms with Crippen LogP contribution in [0.25, 0.3) is 22.3 Å². The Kier molecular flexibility index (Phi) is 2.68. The molecule has 0 amide bonds. The summed E-state index contributed by atoms with van der Waals surface area (Å²) in [5.74, 6) is 0. The third-order valence-corrected chi connectivity index (χ3v) is 3.33. The van der Waals surface area contributed by atoms with Crippen molar-refractivity contribution >= 4 is 27.0 Å². The second kappa shape index (κ2) is 4.22. The van der Waals surface area contributed by atoms with Crippen molar-refractivity contribution in [2.45, 2.75) is 6.54 Å². The fourth-order valence-corrected chi connectivity index (χ4v) is 2.46. The average Bonchev–Trinajstić information content (AvgIpc) is 2.93. The zero-order valence-corrected chi connectivity index (χ0v) is 11.4. The van der Waals surface area contributed by atoms with Gasteiger partial charge in [0.2, 0.25) is 0 Å². The number of benzene rings is 1. The first kappa shape index (κ1) is 11.4. The van der Waals surface area contributed by atoms with Crippen LogP contribution in [-0.2, 0) is 13.6 Å². The van der Waals surface area contributed by atoms with Crippen LogP contribution in [0, 0.1) is 0 Å². The Balaban J connectivity index is 2.18. The summed E-state index contributed by atoms with van der Waals surface area (Å²) in [6.07, 6.45) is 1.80. The van der Waals surface area contributed by atoms with Crippen molar-refractivity contribution in [3.8, 4) is 11.3 Å². The highest BCUT2D eigenvalue weighted by Crippen LogP contribution is 2.26. The second-order valence-corrected chi connectivity index (χ2v) is 4.87. The van der Waals surface area contributed by atoms with Crippen molar-refractivity contribution in [3.05, 3.63) is 35.0 Å². The molecule has 1 aromatic carbocycles. The van der Waals surface area contributed by atoms with E-state index in [1.54, 1.807) is 6.33 Å². The van der Waals surface area contributed by atoms with Gasteiger partial charge in [-0.15, -0.1) is 0 Å². The van der Waals surface area contributed by atoms with Gasteiger partial charge in [0, 0.05) is 19.2 Å². The van der Waals surface area contributed by atoms with Crippen LogP contribution in [-0.4, -0.2) is 19.5 Å². The number of H-pyrrole nitrogens is 1. The van der Waals surface area contributed by atoms with E-state index in [4.69, 9.17) is 5.73 Å². The maximum absolute atomic E-state index is 5.71. The minimum Gasteiger partial charge on any atom is -0.335 e. The number of nitrogens with zero attached hydrogens (tertiary/aromatic N) is 3. The molecule has 0 saturated heterocycles. The molecular formula is C12H12BrN5. The maximum atomic E-state index is 5.71. The number of aryl methyl sites for hydroxylation is 1. The predicted octanol–water partition coefficient (Wildman–Crippen LogP) is 2.18. The van der Waals surface area contributed by atoms with Crippen LogP contribution in [0.4, 0.5) is 0 Å². The van der Waals surface area contributed by atoms with Crippen LogP contribution >= 0.6 is 15.9 Å². The highest BCUT2D eigenvalue weighted by atomic mass is 79.9. The van der Waals surface area contributed by atoms with Crippen molar-refractivity contribution in [3.63, 3.8) is 0 Å². The summed E-state index contributed by atoms with van der Waals surface area (Å²) in [5.41, 5.74) is 10.6. The molecule has 3 N–H and O–H groups in total. The van der Waals surface area contributed by atoms with Gasteiger partial charge >= 0.3 is 0 Å². The van der Waals surface area contributed by atoms with Gasteiger partial charge in [-0.05, 0) is 28.1 Å². The number of halogens is 1. The zero-order valence-electron chi connectivity index (χ0n) is 9.81. The van der Waals surface area contributed by atoms with Gasteiger partial charge in [-0.1, -0.05) is 6.07 Å². The Morgan fingerprint density at radius 3 is 3.06 bits per heavy atom. The summed E-state index contributed by atoms with van der Waals surface area (Å²) in [5, 5.41) is 0. The molecule has 0 aliphatic carbocycles. The molecule has 0 radical (unpaired) electrons. The number of nitrogens with two attached hydrogens (primary N) is 1. The van der Waals surface area contributed by atoms with Gasteiger partial charge in [-0.2, -0.15) is 0 Å². The van der Waals surface area contributed by atoms with Gasteiger partial charge in [-0.25, -0.2) is 9.97 Å². The number of aromatic amines is 1. The van der Waals surface area contributed by atoms with E-state index in [2.05, 4.69) is 30.9 Å². The van der Waals surface area contributed by atoms with Crippen LogP contribution in [0.3, 0.4) is 0 Å². The number of imidazole rings is 2. The van der Waals surface area contributed by atoms with Crippen molar-refractivity contribution in [1.82, 2.24) is 19.5 Å². The molecule has 2 heterocycles. The van der Waals surface area contributed by atoms with Gasteiger partial charge in [0.05, 0.1) is 28.7 Å². The molecule has 92 valence electrons. The molecule has 0 aliphatic rings. The van der Waals surface area contributed by atoms with Gasteiger partial charge in [0.25, 0.3) is 0 Å². The number of rotatable bonds is 2. The number of hydrogen-bond acceptors (Lipinski definition) is 3. The molecule has 2 aromatic heterocycles. The van der Waals surface area contributed by atoms with Gasteiger partial charge in [0.15, 0.2) is 4.73 Å². The lowest BCUT2D eigenvalue weighted by atomic mass is 10.1. The highest BCUT2D eigenvalue weighted by molar-refractivity contribution is 9.10. The number of hydrogen-bond donors (Lipinski definition) is 2. The van der Waals surface area contributed by atoms with Crippen LogP contribution in [0.2, 0.25) is 0 Å². The van der Waals surface area contributed by atoms with Gasteiger partial charge < -0.3 is 15.3 Å². The standard InChI is InChI=1S/C12H12BrN5/c1-18-6-15-8-4-7(2-3-10(8)18)11-9(5-14)16-12(13)17-11/h2-4,6H,5,14H2,1H3,(H,16,17). The monoisotopic (exact) mass is 305 g/mol. The quantitative estimate of drug-likeness (QED) is 0.762. The molecule has 18 heavy (non-hydrogen) atoms. The van der Waals surface area contributed by atoms with E-state index in [0.717, 1.165) is 28.0 Å². The van der Waals surface area contributed by atoms with Crippen molar-refractivity contribution in [2.75, 3.05) is 0 Å². The fraction of sp³-hybridized carbons (Fsp3) is 0.167. The Morgan fingerprint density at radius 2 is 2.28 bits per heavy atom. The van der Waals surface area contributed by atoms with Crippen molar-refractivity contribution in [1.29, 1.82) is 0 Å². The minimum absolute atomic E-state index is 0.425. The highest BCUT2D eigenvalue weighted by Gasteiger charge is 2.11. The van der Waals surface area contributed by atoms with Crippen LogP contribution in [0.15, 0.2) is 29.3 Å². The summed E-state index contributed by atoms with van der Waals surface area (Å²) in [6, 6.07) is 6.10. The average molecular weight is 306 g/mol. The van der Waals surface area contributed by atoms with E-state index in [9.17, 15) is 0 Å². The van der Waals surface area contributed by atoms with E-state index < -0.39 is 0 Å². The first-order valence-corrected chi connectivity index (χ1v) is 6.34. The molecule has 0 saturated carbocycles. The lowest BCUT2D eigenvalue weighted by Gasteiger charge is -2.01. The third kappa shape index (κ3) is 1.74. The van der Waals surface area contributed by atoms with E-state index in [1.807, 2.05) is 29.8 Å². The molecule has 5 nitrogen and oxygen atoms in total. The Labute approximate surface area is 112 Å². The predicted molar refractivity (Wildman–Crippen MR) is 73.9 cm³/mol. The van der Waals surface area contributed by atoms with E-state index >= 15 is 0 Å². The fourth-order valence-electron chi connectivity index (χ4n) is 2.05. The molecule has 0 fully saturated rings. The molecule has 0 unspecified atom stereocenters. The maximum Gasteiger partial charge on any atom is 0.175 e. The van der Waals surface area contributed by atoms with E-state index in [1.165, 1.54) is 0 Å². The van der Waals surface area contributed by atoms with E-state index in [0.29, 0.717) is 11.3 Å². The molecule has 0 aliphatic heterocycles. The Morgan fingerprint density at radius 1 is 1.44 bits per heavy atom. The lowest BCUT2D eigenvalue weighted by Crippen LogP contribution is -1.98. The molecule has 0 bridgehead atoms. The van der Waals surface area contributed by atoms with Crippen molar-refractivity contribution < 1.29 is 0 Å². The molecule has 3 aromatic rings. The third-order valence-electron chi connectivity index (χ3n) is 2.95. The zero-order chi connectivity index (χ0) is 12.7. The first-order valence-electron chi connectivity index (χ1n) is 5.55. The minimum atomic E-state index is 0.425. The largest absolute Gasteiger partial charge is 0.335 e.